The molecular weight excluding hydrogens is 1140 g/mol. The van der Waals surface area contributed by atoms with E-state index in [9.17, 15) is 0 Å². The Labute approximate surface area is 526 Å². The third-order valence-corrected chi connectivity index (χ3v) is 19.2. The number of anilines is 8. The van der Waals surface area contributed by atoms with E-state index in [1.165, 1.54) is 82.9 Å². The molecule has 13 aromatic carbocycles. The van der Waals surface area contributed by atoms with Crippen molar-refractivity contribution in [3.8, 4) is 0 Å². The lowest BCUT2D eigenvalue weighted by Gasteiger charge is -2.10. The second-order valence-electron chi connectivity index (χ2n) is 21.9. The lowest BCUT2D eigenvalue weighted by Crippen LogP contribution is -1.90. The first-order valence-corrected chi connectivity index (χ1v) is 32.1. The molecule has 0 spiro atoms. The smallest absolute Gasteiger partial charge is 0.137 e. The summed E-state index contributed by atoms with van der Waals surface area (Å²) >= 11 is 5.43. The Morgan fingerprint density at radius 2 is 0.719 bits per heavy atom. The highest BCUT2D eigenvalue weighted by molar-refractivity contribution is 7.26. The molecule has 0 amide bonds. The Morgan fingerprint density at radius 3 is 1.42 bits per heavy atom. The highest BCUT2D eigenvalue weighted by atomic mass is 32.1. The van der Waals surface area contributed by atoms with Gasteiger partial charge in [0.15, 0.2) is 0 Å². The number of thiophene rings is 3. The van der Waals surface area contributed by atoms with Gasteiger partial charge in [-0.15, -0.1) is 34.0 Å². The number of nitrogens with one attached hydrogen (secondary N) is 4. The fraction of sp³-hybridized carbons (Fsp3) is 0.0125. The van der Waals surface area contributed by atoms with E-state index in [0.29, 0.717) is 0 Å². The van der Waals surface area contributed by atoms with E-state index in [4.69, 9.17) is 4.42 Å². The van der Waals surface area contributed by atoms with Crippen LogP contribution in [-0.4, -0.2) is 4.98 Å². The maximum atomic E-state index is 5.96. The van der Waals surface area contributed by atoms with Crippen molar-refractivity contribution < 1.29 is 4.42 Å². The number of rotatable bonds is 8. The summed E-state index contributed by atoms with van der Waals surface area (Å²) in [6, 6.07) is 104. The third-order valence-electron chi connectivity index (χ3n) is 15.9. The summed E-state index contributed by atoms with van der Waals surface area (Å²) in [4.78, 5) is 5.54. The van der Waals surface area contributed by atoms with Gasteiger partial charge in [-0.25, -0.2) is 4.98 Å². The zero-order chi connectivity index (χ0) is 59.5. The highest BCUT2D eigenvalue weighted by Crippen LogP contribution is 2.39. The summed E-state index contributed by atoms with van der Waals surface area (Å²) in [5.74, 6) is 0. The van der Waals surface area contributed by atoms with Gasteiger partial charge >= 0.3 is 0 Å². The first kappa shape index (κ1) is 54.8. The van der Waals surface area contributed by atoms with Gasteiger partial charge in [0, 0.05) is 130 Å². The Hall–Kier alpha value is -10.8. The SMILES string of the molecule is Cc1ccc(Nc2ccc3c(c2)sc2ncccc23)cc1.c1ccc(Nc2ccc3c(c2)sc2ccccc23)cc1.c1ccc2c(Nc3ccc4c(c3)sc3ccccc34)cccc2c1.c1ccc2cc(Nc3ccc4c(c3)oc3ccccc34)ccc2c1. The molecule has 426 valence electrons. The molecule has 0 fully saturated rings. The quantitative estimate of drug-likeness (QED) is 0.122. The molecule has 18 rings (SSSR count). The minimum absolute atomic E-state index is 0.905. The predicted octanol–water partition coefficient (Wildman–Crippen LogP) is 24.7. The van der Waals surface area contributed by atoms with Crippen LogP contribution in [0.5, 0.6) is 0 Å². The molecule has 0 saturated carbocycles. The molecule has 4 N–H and O–H groups in total. The van der Waals surface area contributed by atoms with Crippen molar-refractivity contribution in [1.29, 1.82) is 0 Å². The van der Waals surface area contributed by atoms with Crippen molar-refractivity contribution in [2.24, 2.45) is 0 Å². The average Bonchev–Trinajstić information content (AvgIpc) is 2.08. The minimum Gasteiger partial charge on any atom is -0.456 e. The van der Waals surface area contributed by atoms with Gasteiger partial charge in [-0.05, 0) is 144 Å². The number of aromatic nitrogens is 1. The first-order chi connectivity index (χ1) is 43.9. The summed E-state index contributed by atoms with van der Waals surface area (Å²) < 4.78 is 12.6. The van der Waals surface area contributed by atoms with Gasteiger partial charge in [-0.1, -0.05) is 175 Å². The fourth-order valence-electron chi connectivity index (χ4n) is 11.5. The van der Waals surface area contributed by atoms with Crippen molar-refractivity contribution in [2.45, 2.75) is 6.92 Å². The zero-order valence-corrected chi connectivity index (χ0v) is 50.9. The van der Waals surface area contributed by atoms with E-state index in [-0.39, 0.29) is 0 Å². The lowest BCUT2D eigenvalue weighted by atomic mass is 10.1. The van der Waals surface area contributed by atoms with Crippen molar-refractivity contribution in [1.82, 2.24) is 4.98 Å². The highest BCUT2D eigenvalue weighted by Gasteiger charge is 2.11. The molecule has 0 unspecified atom stereocenters. The third kappa shape index (κ3) is 11.8. The molecule has 0 atom stereocenters. The maximum Gasteiger partial charge on any atom is 0.137 e. The Bertz CT molecular complexity index is 5540. The number of para-hydroxylation sites is 2. The largest absolute Gasteiger partial charge is 0.456 e. The Kier molecular flexibility index (Phi) is 15.1. The molecule has 6 nitrogen and oxygen atoms in total. The first-order valence-electron chi connectivity index (χ1n) is 29.6. The van der Waals surface area contributed by atoms with E-state index < -0.39 is 0 Å². The van der Waals surface area contributed by atoms with E-state index >= 15 is 0 Å². The molecule has 18 aromatic rings. The molecular formula is C80H57N5OS3. The molecule has 5 aromatic heterocycles. The van der Waals surface area contributed by atoms with Gasteiger partial charge in [-0.2, -0.15) is 0 Å². The monoisotopic (exact) mass is 1200 g/mol. The van der Waals surface area contributed by atoms with Crippen LogP contribution in [0.25, 0.3) is 104 Å². The maximum absolute atomic E-state index is 5.96. The van der Waals surface area contributed by atoms with Gasteiger partial charge in [0.1, 0.15) is 16.0 Å². The van der Waals surface area contributed by atoms with Gasteiger partial charge in [-0.3, -0.25) is 0 Å². The van der Waals surface area contributed by atoms with Crippen molar-refractivity contribution in [3.05, 3.63) is 309 Å². The molecule has 9 heteroatoms. The molecule has 0 aliphatic rings. The van der Waals surface area contributed by atoms with E-state index in [2.05, 4.69) is 288 Å². The molecule has 0 aliphatic heterocycles. The van der Waals surface area contributed by atoms with Crippen molar-refractivity contribution in [3.63, 3.8) is 0 Å². The van der Waals surface area contributed by atoms with Crippen LogP contribution in [0.3, 0.4) is 0 Å². The number of hydrogen-bond donors (Lipinski definition) is 4. The Balaban J connectivity index is 0.0000000996. The van der Waals surface area contributed by atoms with E-state index in [1.807, 2.05) is 71.3 Å². The molecule has 0 radical (unpaired) electrons. The van der Waals surface area contributed by atoms with Crippen LogP contribution in [0.1, 0.15) is 5.56 Å². The summed E-state index contributed by atoms with van der Waals surface area (Å²) in [5.41, 5.74) is 11.9. The summed E-state index contributed by atoms with van der Waals surface area (Å²) in [5, 5.41) is 29.1. The van der Waals surface area contributed by atoms with Crippen LogP contribution in [0.2, 0.25) is 0 Å². The zero-order valence-electron chi connectivity index (χ0n) is 48.4. The number of pyridine rings is 1. The number of fused-ring (bicyclic) bond motifs is 14. The van der Waals surface area contributed by atoms with E-state index in [1.54, 1.807) is 11.3 Å². The number of benzene rings is 13. The number of hydrogen-bond acceptors (Lipinski definition) is 9. The molecule has 0 aliphatic carbocycles. The van der Waals surface area contributed by atoms with Gasteiger partial charge in [0.2, 0.25) is 0 Å². The van der Waals surface area contributed by atoms with Crippen LogP contribution in [0, 0.1) is 6.92 Å². The lowest BCUT2D eigenvalue weighted by molar-refractivity contribution is 0.669. The summed E-state index contributed by atoms with van der Waals surface area (Å²) in [6.45, 7) is 2.10. The van der Waals surface area contributed by atoms with Crippen molar-refractivity contribution >= 4 is 184 Å². The predicted molar refractivity (Wildman–Crippen MR) is 388 cm³/mol. The molecule has 0 bridgehead atoms. The topological polar surface area (TPSA) is 74.2 Å². The number of nitrogens with zero attached hydrogens (tertiary/aromatic N) is 1. The van der Waals surface area contributed by atoms with Gasteiger partial charge in [0.05, 0.1) is 0 Å². The van der Waals surface area contributed by atoms with Crippen LogP contribution < -0.4 is 21.3 Å². The normalized spacial score (nSPS) is 11.2. The van der Waals surface area contributed by atoms with Crippen LogP contribution in [-0.2, 0) is 0 Å². The van der Waals surface area contributed by atoms with Crippen LogP contribution in [0.4, 0.5) is 45.5 Å². The minimum atomic E-state index is 0.905. The van der Waals surface area contributed by atoms with Crippen LogP contribution >= 0.6 is 34.0 Å². The number of aryl methyl sites for hydroxylation is 1. The van der Waals surface area contributed by atoms with Gasteiger partial charge in [0.25, 0.3) is 0 Å². The average molecular weight is 1200 g/mol. The summed E-state index contributed by atoms with van der Waals surface area (Å²) in [7, 11) is 0. The number of furan rings is 1. The Morgan fingerprint density at radius 1 is 0.270 bits per heavy atom. The summed E-state index contributed by atoms with van der Waals surface area (Å²) in [6.07, 6.45) is 1.85. The van der Waals surface area contributed by atoms with Crippen molar-refractivity contribution in [2.75, 3.05) is 21.3 Å². The fourth-order valence-corrected chi connectivity index (χ4v) is 14.9. The molecule has 5 heterocycles. The second-order valence-corrected chi connectivity index (χ2v) is 25.1. The van der Waals surface area contributed by atoms with E-state index in [0.717, 1.165) is 72.3 Å². The molecule has 0 saturated heterocycles. The second kappa shape index (κ2) is 24.5. The van der Waals surface area contributed by atoms with Gasteiger partial charge < -0.3 is 25.7 Å². The molecule has 89 heavy (non-hydrogen) atoms. The standard InChI is InChI=1S/C22H15NO.C22H15NS.C18H14N2S.C18H13NS/c1-2-6-16-13-17(10-9-15(16)5-1)23-18-11-12-20-19-7-3-4-8-21(19)24-22(20)14-18;1-2-8-17-15(6-1)7-5-10-20(17)23-16-12-13-19-18-9-3-4-11-21(18)24-22(19)14-16;1-12-4-6-13(7-5-12)20-14-8-9-15-16-3-2-10-19-18(16)21-17(15)11-14;1-2-6-13(7-3-1)19-14-10-11-16-15-8-4-5-9-17(15)20-18(16)12-14/h2*1-14,23H;2-11,20H,1H3;1-12,19H. The van der Waals surface area contributed by atoms with Crippen LogP contribution in [0.15, 0.2) is 308 Å².